The Bertz CT molecular complexity index is 291. The first-order valence-electron chi connectivity index (χ1n) is 5.70. The predicted molar refractivity (Wildman–Crippen MR) is 63.0 cm³/mol. The number of fused-ring (bicyclic) bond motifs is 1. The Kier molecular flexibility index (Phi) is 3.60. The summed E-state index contributed by atoms with van der Waals surface area (Å²) in [6.07, 6.45) is 6.85. The highest BCUT2D eigenvalue weighted by Crippen LogP contribution is 2.29. The van der Waals surface area contributed by atoms with Crippen LogP contribution in [0.25, 0.3) is 0 Å². The summed E-state index contributed by atoms with van der Waals surface area (Å²) in [6, 6.07) is 0. The predicted octanol–water partition coefficient (Wildman–Crippen LogP) is 3.13. The molecule has 0 spiro atoms. The summed E-state index contributed by atoms with van der Waals surface area (Å²) in [5, 5.41) is 5.79. The molecule has 0 aromatic carbocycles. The maximum Gasteiger partial charge on any atom is 0.0216 e. The molecule has 1 aliphatic rings. The van der Waals surface area contributed by atoms with Crippen LogP contribution < -0.4 is 5.32 Å². The van der Waals surface area contributed by atoms with Gasteiger partial charge >= 0.3 is 0 Å². The largest absolute Gasteiger partial charge is 0.313 e. The van der Waals surface area contributed by atoms with Crippen LogP contribution in [-0.2, 0) is 19.4 Å². The molecule has 14 heavy (non-hydrogen) atoms. The fourth-order valence-corrected chi connectivity index (χ4v) is 3.29. The van der Waals surface area contributed by atoms with Crippen LogP contribution in [0, 0.1) is 0 Å². The summed E-state index contributed by atoms with van der Waals surface area (Å²) in [4.78, 5) is 1.66. The summed E-state index contributed by atoms with van der Waals surface area (Å²) < 4.78 is 0. The fraction of sp³-hybridized carbons (Fsp3) is 0.667. The molecule has 0 saturated heterocycles. The summed E-state index contributed by atoms with van der Waals surface area (Å²) in [5.74, 6) is 0. The minimum Gasteiger partial charge on any atom is -0.313 e. The lowest BCUT2D eigenvalue weighted by atomic mass is 10.1. The lowest BCUT2D eigenvalue weighted by Crippen LogP contribution is -2.12. The molecule has 1 aromatic rings. The average Bonchev–Trinajstić information content (AvgIpc) is 2.45. The third-order valence-electron chi connectivity index (χ3n) is 2.96. The molecule has 1 aliphatic carbocycles. The third kappa shape index (κ3) is 2.18. The Balaban J connectivity index is 2.12. The van der Waals surface area contributed by atoms with Crippen molar-refractivity contribution in [1.29, 1.82) is 0 Å². The van der Waals surface area contributed by atoms with Gasteiger partial charge in [-0.1, -0.05) is 13.3 Å². The van der Waals surface area contributed by atoms with E-state index in [0.717, 1.165) is 13.1 Å². The smallest absolute Gasteiger partial charge is 0.0216 e. The number of thiophene rings is 1. The molecule has 78 valence electrons. The fourth-order valence-electron chi connectivity index (χ4n) is 2.15. The normalized spacial score (nSPS) is 16.4. The van der Waals surface area contributed by atoms with Crippen molar-refractivity contribution >= 4 is 11.3 Å². The van der Waals surface area contributed by atoms with E-state index in [2.05, 4.69) is 17.6 Å². The van der Waals surface area contributed by atoms with Gasteiger partial charge < -0.3 is 5.32 Å². The van der Waals surface area contributed by atoms with Gasteiger partial charge in [-0.3, -0.25) is 0 Å². The number of nitrogens with one attached hydrogen (secondary N) is 1. The molecule has 0 radical (unpaired) electrons. The molecule has 1 nitrogen and oxygen atoms in total. The van der Waals surface area contributed by atoms with Gasteiger partial charge in [-0.2, -0.15) is 0 Å². The quantitative estimate of drug-likeness (QED) is 0.754. The monoisotopic (exact) mass is 209 g/mol. The summed E-state index contributed by atoms with van der Waals surface area (Å²) in [7, 11) is 0. The summed E-state index contributed by atoms with van der Waals surface area (Å²) in [5.41, 5.74) is 3.24. The zero-order valence-electron chi connectivity index (χ0n) is 8.94. The van der Waals surface area contributed by atoms with Crippen molar-refractivity contribution < 1.29 is 0 Å². The van der Waals surface area contributed by atoms with Crippen LogP contribution in [0.2, 0.25) is 0 Å². The first-order chi connectivity index (χ1) is 6.92. The minimum absolute atomic E-state index is 1.07. The Labute approximate surface area is 90.5 Å². The lowest BCUT2D eigenvalue weighted by Gasteiger charge is -2.04. The summed E-state index contributed by atoms with van der Waals surface area (Å²) in [6.45, 7) is 4.32. The van der Waals surface area contributed by atoms with Crippen molar-refractivity contribution in [2.45, 2.75) is 45.6 Å². The molecular formula is C12H19NS. The maximum absolute atomic E-state index is 3.43. The highest BCUT2D eigenvalue weighted by molar-refractivity contribution is 7.10. The second-order valence-corrected chi connectivity index (χ2v) is 4.97. The van der Waals surface area contributed by atoms with Crippen molar-refractivity contribution in [2.24, 2.45) is 0 Å². The van der Waals surface area contributed by atoms with Gasteiger partial charge in [0.25, 0.3) is 0 Å². The van der Waals surface area contributed by atoms with E-state index >= 15 is 0 Å². The van der Waals surface area contributed by atoms with E-state index in [1.165, 1.54) is 32.1 Å². The Hall–Kier alpha value is -0.340. The van der Waals surface area contributed by atoms with Gasteiger partial charge in [-0.15, -0.1) is 11.3 Å². The minimum atomic E-state index is 1.07. The first-order valence-corrected chi connectivity index (χ1v) is 6.58. The Morgan fingerprint density at radius 3 is 3.00 bits per heavy atom. The zero-order valence-corrected chi connectivity index (χ0v) is 9.75. The molecular weight excluding hydrogens is 190 g/mol. The van der Waals surface area contributed by atoms with Crippen molar-refractivity contribution in [3.8, 4) is 0 Å². The highest BCUT2D eigenvalue weighted by Gasteiger charge is 2.13. The molecule has 2 rings (SSSR count). The molecule has 0 bridgehead atoms. The number of aryl methyl sites for hydroxylation is 1. The molecule has 1 heterocycles. The second kappa shape index (κ2) is 4.94. The van der Waals surface area contributed by atoms with E-state index in [9.17, 15) is 0 Å². The third-order valence-corrected chi connectivity index (χ3v) is 4.10. The van der Waals surface area contributed by atoms with Gasteiger partial charge in [0.2, 0.25) is 0 Å². The van der Waals surface area contributed by atoms with Crippen molar-refractivity contribution in [1.82, 2.24) is 5.32 Å². The molecule has 1 aromatic heterocycles. The second-order valence-electron chi connectivity index (χ2n) is 4.00. The molecule has 0 aliphatic heterocycles. The van der Waals surface area contributed by atoms with Gasteiger partial charge in [0.1, 0.15) is 0 Å². The van der Waals surface area contributed by atoms with Crippen molar-refractivity contribution in [3.63, 3.8) is 0 Å². The van der Waals surface area contributed by atoms with Crippen molar-refractivity contribution in [3.05, 3.63) is 21.4 Å². The maximum atomic E-state index is 3.43. The first kappa shape index (κ1) is 10.2. The Morgan fingerprint density at radius 1 is 1.29 bits per heavy atom. The summed E-state index contributed by atoms with van der Waals surface area (Å²) >= 11 is 1.98. The number of hydrogen-bond donors (Lipinski definition) is 1. The van der Waals surface area contributed by atoms with Crippen LogP contribution >= 0.6 is 11.3 Å². The standard InChI is InChI=1S/C12H19NS/c1-2-13-8-10-9-14-12-7-5-3-4-6-11(10)12/h9,13H,2-8H2,1H3. The molecule has 0 fully saturated rings. The number of hydrogen-bond acceptors (Lipinski definition) is 2. The lowest BCUT2D eigenvalue weighted by molar-refractivity contribution is 0.700. The van der Waals surface area contributed by atoms with Crippen LogP contribution in [0.1, 0.15) is 42.2 Å². The van der Waals surface area contributed by atoms with Gasteiger partial charge in [0, 0.05) is 11.4 Å². The Morgan fingerprint density at radius 2 is 2.14 bits per heavy atom. The molecule has 0 atom stereocenters. The van der Waals surface area contributed by atoms with Gasteiger partial charge in [-0.05, 0) is 48.7 Å². The SMILES string of the molecule is CCNCc1csc2c1CCCCC2. The van der Waals surface area contributed by atoms with Crippen LogP contribution in [0.5, 0.6) is 0 Å². The molecule has 0 amide bonds. The van der Waals surface area contributed by atoms with E-state index in [-0.39, 0.29) is 0 Å². The van der Waals surface area contributed by atoms with Crippen LogP contribution in [0.4, 0.5) is 0 Å². The molecule has 0 unspecified atom stereocenters. The van der Waals surface area contributed by atoms with E-state index in [1.807, 2.05) is 11.3 Å². The topological polar surface area (TPSA) is 12.0 Å². The van der Waals surface area contributed by atoms with E-state index in [0.29, 0.717) is 0 Å². The van der Waals surface area contributed by atoms with Crippen molar-refractivity contribution in [2.75, 3.05) is 6.54 Å². The van der Waals surface area contributed by atoms with E-state index in [1.54, 1.807) is 16.0 Å². The highest BCUT2D eigenvalue weighted by atomic mass is 32.1. The van der Waals surface area contributed by atoms with Gasteiger partial charge in [0.05, 0.1) is 0 Å². The zero-order chi connectivity index (χ0) is 9.80. The molecule has 0 saturated carbocycles. The van der Waals surface area contributed by atoms with Crippen LogP contribution in [0.3, 0.4) is 0 Å². The van der Waals surface area contributed by atoms with E-state index < -0.39 is 0 Å². The van der Waals surface area contributed by atoms with Gasteiger partial charge in [0.15, 0.2) is 0 Å². The average molecular weight is 209 g/mol. The number of rotatable bonds is 3. The van der Waals surface area contributed by atoms with E-state index in [4.69, 9.17) is 0 Å². The molecule has 1 N–H and O–H groups in total. The van der Waals surface area contributed by atoms with Gasteiger partial charge in [-0.25, -0.2) is 0 Å². The van der Waals surface area contributed by atoms with Crippen LogP contribution in [-0.4, -0.2) is 6.54 Å². The molecule has 2 heteroatoms. The van der Waals surface area contributed by atoms with Crippen LogP contribution in [0.15, 0.2) is 5.38 Å².